The maximum atomic E-state index is 10.9. The predicted octanol–water partition coefficient (Wildman–Crippen LogP) is 1.81. The van der Waals surface area contributed by atoms with E-state index in [1.165, 1.54) is 6.08 Å². The smallest absolute Gasteiger partial charge is 0.313 e. The summed E-state index contributed by atoms with van der Waals surface area (Å²) in [6.07, 6.45) is 4.46. The molecule has 0 heterocycles. The van der Waals surface area contributed by atoms with E-state index in [4.69, 9.17) is 5.11 Å². The van der Waals surface area contributed by atoms with E-state index < -0.39 is 17.5 Å². The molecule has 3 nitrogen and oxygen atoms in total. The number of hydrogen-bond donors (Lipinski definition) is 2. The summed E-state index contributed by atoms with van der Waals surface area (Å²) in [5.41, 5.74) is -1.08. The Labute approximate surface area is 84.4 Å². The zero-order valence-electron chi connectivity index (χ0n) is 8.57. The Kier molecular flexibility index (Phi) is 3.32. The van der Waals surface area contributed by atoms with E-state index in [0.717, 1.165) is 12.8 Å². The second-order valence-electron chi connectivity index (χ2n) is 4.36. The molecule has 80 valence electrons. The molecule has 0 aromatic carbocycles. The molecule has 0 bridgehead atoms. The lowest BCUT2D eigenvalue weighted by Gasteiger charge is -2.38. The first-order chi connectivity index (χ1) is 6.49. The molecular formula is C11H18O3. The van der Waals surface area contributed by atoms with Crippen LogP contribution < -0.4 is 0 Å². The third-order valence-electron chi connectivity index (χ3n) is 3.09. The minimum Gasteiger partial charge on any atom is -0.481 e. The first-order valence-corrected chi connectivity index (χ1v) is 5.07. The molecule has 1 fully saturated rings. The van der Waals surface area contributed by atoms with Crippen LogP contribution >= 0.6 is 0 Å². The zero-order chi connectivity index (χ0) is 10.8. The van der Waals surface area contributed by atoms with Gasteiger partial charge in [-0.3, -0.25) is 4.79 Å². The largest absolute Gasteiger partial charge is 0.481 e. The fourth-order valence-corrected chi connectivity index (χ4v) is 2.40. The highest BCUT2D eigenvalue weighted by Gasteiger charge is 2.42. The first-order valence-electron chi connectivity index (χ1n) is 5.07. The lowest BCUT2D eigenvalue weighted by molar-refractivity contribution is -0.151. The lowest BCUT2D eigenvalue weighted by Crippen LogP contribution is -2.44. The Balaban J connectivity index is 2.80. The minimum absolute atomic E-state index is 0.399. The molecule has 1 saturated carbocycles. The van der Waals surface area contributed by atoms with Gasteiger partial charge in [-0.15, -0.1) is 6.58 Å². The van der Waals surface area contributed by atoms with Gasteiger partial charge in [0.1, 0.15) is 5.92 Å². The van der Waals surface area contributed by atoms with Gasteiger partial charge >= 0.3 is 5.97 Å². The number of carboxylic acid groups (broad SMARTS) is 1. The first kappa shape index (κ1) is 11.2. The van der Waals surface area contributed by atoms with Gasteiger partial charge in [-0.05, 0) is 18.8 Å². The maximum Gasteiger partial charge on any atom is 0.313 e. The average molecular weight is 198 g/mol. The van der Waals surface area contributed by atoms with Gasteiger partial charge in [0.15, 0.2) is 0 Å². The van der Waals surface area contributed by atoms with Gasteiger partial charge in [0.2, 0.25) is 0 Å². The molecule has 3 heteroatoms. The molecule has 0 aromatic heterocycles. The van der Waals surface area contributed by atoms with E-state index >= 15 is 0 Å². The SMILES string of the molecule is C=CC(C(=O)O)[C@]1(O)CCC[C@H](C)C1. The van der Waals surface area contributed by atoms with Gasteiger partial charge in [0.05, 0.1) is 5.60 Å². The predicted molar refractivity (Wildman–Crippen MR) is 53.9 cm³/mol. The molecule has 0 saturated heterocycles. The van der Waals surface area contributed by atoms with Crippen molar-refractivity contribution in [1.82, 2.24) is 0 Å². The van der Waals surface area contributed by atoms with Gasteiger partial charge in [-0.2, -0.15) is 0 Å². The van der Waals surface area contributed by atoms with Crippen molar-refractivity contribution >= 4 is 5.97 Å². The summed E-state index contributed by atoms with van der Waals surface area (Å²) in [5.74, 6) is -1.41. The van der Waals surface area contributed by atoms with E-state index in [1.54, 1.807) is 0 Å². The van der Waals surface area contributed by atoms with E-state index in [9.17, 15) is 9.90 Å². The Morgan fingerprint density at radius 3 is 2.79 bits per heavy atom. The quantitative estimate of drug-likeness (QED) is 0.680. The molecule has 0 amide bonds. The van der Waals surface area contributed by atoms with E-state index in [0.29, 0.717) is 18.8 Å². The summed E-state index contributed by atoms with van der Waals surface area (Å²) < 4.78 is 0. The fraction of sp³-hybridized carbons (Fsp3) is 0.727. The normalized spacial score (nSPS) is 34.9. The van der Waals surface area contributed by atoms with Crippen LogP contribution in [0, 0.1) is 11.8 Å². The molecule has 1 aliphatic rings. The second kappa shape index (κ2) is 4.13. The number of carboxylic acids is 1. The van der Waals surface area contributed by atoms with Crippen LogP contribution in [-0.2, 0) is 4.79 Å². The number of aliphatic hydroxyl groups is 1. The van der Waals surface area contributed by atoms with Crippen molar-refractivity contribution in [2.24, 2.45) is 11.8 Å². The molecule has 0 aromatic rings. The van der Waals surface area contributed by atoms with Crippen molar-refractivity contribution in [2.75, 3.05) is 0 Å². The Morgan fingerprint density at radius 1 is 1.71 bits per heavy atom. The molecular weight excluding hydrogens is 180 g/mol. The third-order valence-corrected chi connectivity index (χ3v) is 3.09. The van der Waals surface area contributed by atoms with Crippen LogP contribution in [0.5, 0.6) is 0 Å². The Bertz CT molecular complexity index is 237. The molecule has 1 rings (SSSR count). The highest BCUT2D eigenvalue weighted by Crippen LogP contribution is 2.37. The van der Waals surface area contributed by atoms with Crippen LogP contribution in [0.1, 0.15) is 32.6 Å². The summed E-state index contributed by atoms with van der Waals surface area (Å²) in [6, 6.07) is 0. The van der Waals surface area contributed by atoms with Crippen LogP contribution in [0.3, 0.4) is 0 Å². The standard InChI is InChI=1S/C11H18O3/c1-3-9(10(12)13)11(14)6-4-5-8(2)7-11/h3,8-9,14H,1,4-7H2,2H3,(H,12,13)/t8-,9?,11-/m0/s1. The maximum absolute atomic E-state index is 10.9. The molecule has 14 heavy (non-hydrogen) atoms. The van der Waals surface area contributed by atoms with Crippen molar-refractivity contribution in [2.45, 2.75) is 38.2 Å². The van der Waals surface area contributed by atoms with Crippen molar-refractivity contribution < 1.29 is 15.0 Å². The fourth-order valence-electron chi connectivity index (χ4n) is 2.40. The summed E-state index contributed by atoms with van der Waals surface area (Å²) in [7, 11) is 0. The summed E-state index contributed by atoms with van der Waals surface area (Å²) in [6.45, 7) is 5.53. The topological polar surface area (TPSA) is 57.5 Å². The van der Waals surface area contributed by atoms with Gasteiger partial charge in [-0.1, -0.05) is 25.8 Å². The number of rotatable bonds is 3. The van der Waals surface area contributed by atoms with Crippen LogP contribution in [0.15, 0.2) is 12.7 Å². The number of carbonyl (C=O) groups is 1. The summed E-state index contributed by atoms with van der Waals surface area (Å²) >= 11 is 0. The van der Waals surface area contributed by atoms with Crippen molar-refractivity contribution in [3.05, 3.63) is 12.7 Å². The van der Waals surface area contributed by atoms with E-state index in [1.807, 2.05) is 6.92 Å². The van der Waals surface area contributed by atoms with Crippen LogP contribution in [0.2, 0.25) is 0 Å². The highest BCUT2D eigenvalue weighted by molar-refractivity contribution is 5.73. The average Bonchev–Trinajstić information content (AvgIpc) is 2.02. The summed E-state index contributed by atoms with van der Waals surface area (Å²) in [4.78, 5) is 10.9. The van der Waals surface area contributed by atoms with Gasteiger partial charge in [0.25, 0.3) is 0 Å². The second-order valence-corrected chi connectivity index (χ2v) is 4.36. The molecule has 1 unspecified atom stereocenters. The molecule has 2 N–H and O–H groups in total. The monoisotopic (exact) mass is 198 g/mol. The van der Waals surface area contributed by atoms with Crippen LogP contribution in [0.4, 0.5) is 0 Å². The molecule has 1 aliphatic carbocycles. The molecule has 0 radical (unpaired) electrons. The third kappa shape index (κ3) is 2.15. The zero-order valence-corrected chi connectivity index (χ0v) is 8.57. The van der Waals surface area contributed by atoms with Crippen LogP contribution in [-0.4, -0.2) is 21.8 Å². The van der Waals surface area contributed by atoms with Crippen molar-refractivity contribution in [3.8, 4) is 0 Å². The van der Waals surface area contributed by atoms with Crippen molar-refractivity contribution in [3.63, 3.8) is 0 Å². The molecule has 0 aliphatic heterocycles. The number of hydrogen-bond acceptors (Lipinski definition) is 2. The van der Waals surface area contributed by atoms with E-state index in [2.05, 4.69) is 6.58 Å². The molecule has 0 spiro atoms. The van der Waals surface area contributed by atoms with Gasteiger partial charge in [0, 0.05) is 0 Å². The van der Waals surface area contributed by atoms with Crippen molar-refractivity contribution in [1.29, 1.82) is 0 Å². The van der Waals surface area contributed by atoms with Gasteiger partial charge < -0.3 is 10.2 Å². The lowest BCUT2D eigenvalue weighted by atomic mass is 9.72. The Hall–Kier alpha value is -0.830. The summed E-state index contributed by atoms with van der Waals surface area (Å²) in [5, 5.41) is 19.2. The highest BCUT2D eigenvalue weighted by atomic mass is 16.4. The van der Waals surface area contributed by atoms with Gasteiger partial charge in [-0.25, -0.2) is 0 Å². The van der Waals surface area contributed by atoms with Crippen LogP contribution in [0.25, 0.3) is 0 Å². The molecule has 3 atom stereocenters. The minimum atomic E-state index is -1.08. The number of aliphatic carboxylic acids is 1. The Morgan fingerprint density at radius 2 is 2.36 bits per heavy atom. The van der Waals surface area contributed by atoms with E-state index in [-0.39, 0.29) is 0 Å².